The molecule has 0 aliphatic rings. The summed E-state index contributed by atoms with van der Waals surface area (Å²) in [5.74, 6) is 0. The fourth-order valence-corrected chi connectivity index (χ4v) is 2.02. The van der Waals surface area contributed by atoms with E-state index >= 15 is 0 Å². The molecule has 0 unspecified atom stereocenters. The monoisotopic (exact) mass is 345 g/mol. The third-order valence-electron chi connectivity index (χ3n) is 2.49. The standard InChI is InChI=1S/C13H20BrN3OS/c1-17(2)6-8-18-7-5-16-12-9-10(14)3-4-11(12)13(15)19/h3-4,9,16H,5-8H2,1-2H3,(H2,15,19). The molecule has 0 saturated heterocycles. The van der Waals surface area contributed by atoms with Gasteiger partial charge in [-0.05, 0) is 32.3 Å². The largest absolute Gasteiger partial charge is 0.389 e. The summed E-state index contributed by atoms with van der Waals surface area (Å²) in [5, 5.41) is 3.29. The zero-order chi connectivity index (χ0) is 14.3. The van der Waals surface area contributed by atoms with Gasteiger partial charge in [-0.15, -0.1) is 0 Å². The molecule has 0 aromatic heterocycles. The third kappa shape index (κ3) is 6.33. The molecule has 4 nitrogen and oxygen atoms in total. The van der Waals surface area contributed by atoms with Gasteiger partial charge in [-0.25, -0.2) is 0 Å². The molecule has 1 aromatic carbocycles. The Morgan fingerprint density at radius 1 is 1.42 bits per heavy atom. The maximum Gasteiger partial charge on any atom is 0.106 e. The van der Waals surface area contributed by atoms with E-state index in [2.05, 4.69) is 26.1 Å². The number of anilines is 1. The van der Waals surface area contributed by atoms with Gasteiger partial charge in [0.2, 0.25) is 0 Å². The molecule has 0 fully saturated rings. The number of ether oxygens (including phenoxy) is 1. The molecule has 0 spiro atoms. The SMILES string of the molecule is CN(C)CCOCCNc1cc(Br)ccc1C(N)=S. The molecule has 3 N–H and O–H groups in total. The second-order valence-corrected chi connectivity index (χ2v) is 5.75. The Balaban J connectivity index is 2.40. The normalized spacial score (nSPS) is 10.7. The van der Waals surface area contributed by atoms with Gasteiger partial charge in [0.15, 0.2) is 0 Å². The summed E-state index contributed by atoms with van der Waals surface area (Å²) in [7, 11) is 4.05. The van der Waals surface area contributed by atoms with Gasteiger partial charge in [-0.2, -0.15) is 0 Å². The number of likely N-dealkylation sites (N-methyl/N-ethyl adjacent to an activating group) is 1. The van der Waals surface area contributed by atoms with Gasteiger partial charge in [-0.3, -0.25) is 0 Å². The predicted molar refractivity (Wildman–Crippen MR) is 87.9 cm³/mol. The molecule has 1 rings (SSSR count). The van der Waals surface area contributed by atoms with E-state index in [1.807, 2.05) is 32.3 Å². The van der Waals surface area contributed by atoms with Crippen molar-refractivity contribution >= 4 is 38.8 Å². The highest BCUT2D eigenvalue weighted by atomic mass is 79.9. The summed E-state index contributed by atoms with van der Waals surface area (Å²) in [6.07, 6.45) is 0. The van der Waals surface area contributed by atoms with Crippen LogP contribution in [0.1, 0.15) is 5.56 Å². The van der Waals surface area contributed by atoms with Crippen molar-refractivity contribution in [2.24, 2.45) is 5.73 Å². The molecule has 0 atom stereocenters. The first-order valence-corrected chi connectivity index (χ1v) is 7.26. The number of rotatable bonds is 8. The minimum atomic E-state index is 0.392. The average Bonchev–Trinajstić information content (AvgIpc) is 2.33. The van der Waals surface area contributed by atoms with Gasteiger partial charge in [0.25, 0.3) is 0 Å². The molecule has 19 heavy (non-hydrogen) atoms. The third-order valence-corrected chi connectivity index (χ3v) is 3.20. The van der Waals surface area contributed by atoms with E-state index in [4.69, 9.17) is 22.7 Å². The summed E-state index contributed by atoms with van der Waals surface area (Å²) in [4.78, 5) is 2.48. The molecule has 106 valence electrons. The van der Waals surface area contributed by atoms with Crippen LogP contribution in [0.25, 0.3) is 0 Å². The van der Waals surface area contributed by atoms with Crippen LogP contribution in [-0.2, 0) is 4.74 Å². The molecule has 0 aliphatic heterocycles. The Kier molecular flexibility index (Phi) is 7.30. The lowest BCUT2D eigenvalue weighted by atomic mass is 10.2. The van der Waals surface area contributed by atoms with Gasteiger partial charge in [0, 0.05) is 28.8 Å². The number of hydrogen-bond donors (Lipinski definition) is 2. The Hall–Kier alpha value is -0.690. The van der Waals surface area contributed by atoms with Gasteiger partial charge >= 0.3 is 0 Å². The Bertz CT molecular complexity index is 426. The van der Waals surface area contributed by atoms with E-state index < -0.39 is 0 Å². The lowest BCUT2D eigenvalue weighted by Crippen LogP contribution is -2.20. The number of nitrogens with one attached hydrogen (secondary N) is 1. The van der Waals surface area contributed by atoms with Crippen molar-refractivity contribution in [1.82, 2.24) is 4.90 Å². The maximum atomic E-state index is 5.69. The molecule has 1 aromatic rings. The number of hydrogen-bond acceptors (Lipinski definition) is 4. The van der Waals surface area contributed by atoms with Gasteiger partial charge in [-0.1, -0.05) is 28.1 Å². The van der Waals surface area contributed by atoms with E-state index in [0.717, 1.165) is 35.4 Å². The van der Waals surface area contributed by atoms with E-state index in [0.29, 0.717) is 11.6 Å². The molecule has 0 saturated carbocycles. The summed E-state index contributed by atoms with van der Waals surface area (Å²) in [6.45, 7) is 3.03. The van der Waals surface area contributed by atoms with Crippen LogP contribution in [0.5, 0.6) is 0 Å². The zero-order valence-corrected chi connectivity index (χ0v) is 13.7. The van der Waals surface area contributed by atoms with Crippen molar-refractivity contribution in [3.05, 3.63) is 28.2 Å². The average molecular weight is 346 g/mol. The Morgan fingerprint density at radius 3 is 2.79 bits per heavy atom. The lowest BCUT2D eigenvalue weighted by Gasteiger charge is -2.13. The highest BCUT2D eigenvalue weighted by molar-refractivity contribution is 9.10. The van der Waals surface area contributed by atoms with E-state index in [-0.39, 0.29) is 0 Å². The highest BCUT2D eigenvalue weighted by Gasteiger charge is 2.05. The number of thiocarbonyl (C=S) groups is 1. The highest BCUT2D eigenvalue weighted by Crippen LogP contribution is 2.21. The molecular formula is C13H20BrN3OS. The minimum absolute atomic E-state index is 0.392. The van der Waals surface area contributed by atoms with Crippen molar-refractivity contribution in [3.63, 3.8) is 0 Å². The molecule has 0 heterocycles. The number of halogens is 1. The van der Waals surface area contributed by atoms with Gasteiger partial charge < -0.3 is 20.7 Å². The first-order chi connectivity index (χ1) is 9.00. The molecule has 0 radical (unpaired) electrons. The minimum Gasteiger partial charge on any atom is -0.389 e. The molecule has 0 amide bonds. The number of nitrogens with zero attached hydrogens (tertiary/aromatic N) is 1. The van der Waals surface area contributed by atoms with E-state index in [1.54, 1.807) is 0 Å². The fourth-order valence-electron chi connectivity index (χ4n) is 1.48. The Morgan fingerprint density at radius 2 is 2.16 bits per heavy atom. The smallest absolute Gasteiger partial charge is 0.106 e. The van der Waals surface area contributed by atoms with Crippen LogP contribution >= 0.6 is 28.1 Å². The van der Waals surface area contributed by atoms with E-state index in [1.165, 1.54) is 0 Å². The van der Waals surface area contributed by atoms with Crippen molar-refractivity contribution < 1.29 is 4.74 Å². The summed E-state index contributed by atoms with van der Waals surface area (Å²) >= 11 is 8.46. The van der Waals surface area contributed by atoms with Crippen LogP contribution in [0.4, 0.5) is 5.69 Å². The Labute approximate surface area is 128 Å². The second-order valence-electron chi connectivity index (χ2n) is 4.40. The second kappa shape index (κ2) is 8.47. The summed E-state index contributed by atoms with van der Waals surface area (Å²) < 4.78 is 6.51. The summed E-state index contributed by atoms with van der Waals surface area (Å²) in [6, 6.07) is 5.79. The fraction of sp³-hybridized carbons (Fsp3) is 0.462. The van der Waals surface area contributed by atoms with Crippen molar-refractivity contribution in [2.45, 2.75) is 0 Å². The molecular weight excluding hydrogens is 326 g/mol. The van der Waals surface area contributed by atoms with Gasteiger partial charge in [0.1, 0.15) is 4.99 Å². The van der Waals surface area contributed by atoms with Crippen LogP contribution in [0.15, 0.2) is 22.7 Å². The summed E-state index contributed by atoms with van der Waals surface area (Å²) in [5.41, 5.74) is 7.47. The van der Waals surface area contributed by atoms with Crippen LogP contribution in [0.3, 0.4) is 0 Å². The number of benzene rings is 1. The van der Waals surface area contributed by atoms with Crippen molar-refractivity contribution in [3.8, 4) is 0 Å². The van der Waals surface area contributed by atoms with Crippen molar-refractivity contribution in [2.75, 3.05) is 45.7 Å². The first-order valence-electron chi connectivity index (χ1n) is 6.06. The maximum absolute atomic E-state index is 5.69. The lowest BCUT2D eigenvalue weighted by molar-refractivity contribution is 0.126. The van der Waals surface area contributed by atoms with Crippen LogP contribution in [-0.4, -0.2) is 50.3 Å². The topological polar surface area (TPSA) is 50.5 Å². The predicted octanol–water partition coefficient (Wildman–Crippen LogP) is 2.07. The van der Waals surface area contributed by atoms with Gasteiger partial charge in [0.05, 0.1) is 13.2 Å². The van der Waals surface area contributed by atoms with E-state index in [9.17, 15) is 0 Å². The molecule has 0 bridgehead atoms. The first kappa shape index (κ1) is 16.4. The number of nitrogens with two attached hydrogens (primary N) is 1. The zero-order valence-electron chi connectivity index (χ0n) is 11.3. The quantitative estimate of drug-likeness (QED) is 0.558. The molecule has 6 heteroatoms. The van der Waals surface area contributed by atoms with Crippen LogP contribution in [0, 0.1) is 0 Å². The van der Waals surface area contributed by atoms with Crippen LogP contribution < -0.4 is 11.1 Å². The van der Waals surface area contributed by atoms with Crippen molar-refractivity contribution in [1.29, 1.82) is 0 Å². The van der Waals surface area contributed by atoms with Crippen LogP contribution in [0.2, 0.25) is 0 Å². The molecule has 0 aliphatic carbocycles.